The van der Waals surface area contributed by atoms with E-state index in [1.807, 2.05) is 30.3 Å². The van der Waals surface area contributed by atoms with Crippen LogP contribution in [0.2, 0.25) is 5.02 Å². The Morgan fingerprint density at radius 3 is 2.53 bits per heavy atom. The number of rotatable bonds is 7. The molecule has 5 nitrogen and oxygen atoms in total. The van der Waals surface area contributed by atoms with Crippen molar-refractivity contribution in [2.24, 2.45) is 5.73 Å². The third kappa shape index (κ3) is 4.02. The summed E-state index contributed by atoms with van der Waals surface area (Å²) >= 11 is 6.53. The molecule has 0 fully saturated rings. The van der Waals surface area contributed by atoms with Gasteiger partial charge in [0.25, 0.3) is 5.91 Å². The van der Waals surface area contributed by atoms with E-state index >= 15 is 8.78 Å². The van der Waals surface area contributed by atoms with Gasteiger partial charge in [0.05, 0.1) is 23.6 Å². The predicted octanol–water partition coefficient (Wildman–Crippen LogP) is 5.95. The number of hydrogen-bond acceptors (Lipinski definition) is 4. The number of hydrogen-bond donors (Lipinski definition) is 2. The Bertz CT molecular complexity index is 1330. The van der Waals surface area contributed by atoms with Gasteiger partial charge in [0.1, 0.15) is 11.6 Å². The van der Waals surface area contributed by atoms with E-state index in [0.717, 1.165) is 11.6 Å². The number of carbonyl (C=O) groups excluding carboxylic acids is 1. The summed E-state index contributed by atoms with van der Waals surface area (Å²) in [6.07, 6.45) is 1.62. The van der Waals surface area contributed by atoms with Gasteiger partial charge in [0.15, 0.2) is 17.2 Å². The molecule has 0 radical (unpaired) electrons. The summed E-state index contributed by atoms with van der Waals surface area (Å²) in [6, 6.07) is 12.9. The zero-order valence-corrected chi connectivity index (χ0v) is 21.0. The van der Waals surface area contributed by atoms with Crippen LogP contribution in [-0.2, 0) is 5.60 Å². The van der Waals surface area contributed by atoms with Crippen molar-refractivity contribution in [3.05, 3.63) is 94.5 Å². The molecule has 0 unspecified atom stereocenters. The fourth-order valence-corrected chi connectivity index (χ4v) is 5.04. The first-order valence-electron chi connectivity index (χ1n) is 11.5. The van der Waals surface area contributed by atoms with Gasteiger partial charge in [-0.25, -0.2) is 8.78 Å². The van der Waals surface area contributed by atoms with Crippen LogP contribution in [0.25, 0.3) is 11.1 Å². The number of amides is 1. The predicted molar refractivity (Wildman–Crippen MR) is 137 cm³/mol. The van der Waals surface area contributed by atoms with Crippen LogP contribution in [0.1, 0.15) is 41.3 Å². The highest BCUT2D eigenvalue weighted by Gasteiger charge is 2.50. The average Bonchev–Trinajstić information content (AvgIpc) is 3.19. The Labute approximate surface area is 213 Å². The van der Waals surface area contributed by atoms with E-state index in [0.29, 0.717) is 5.56 Å². The molecule has 0 aliphatic carbocycles. The minimum Gasteiger partial charge on any atom is -0.494 e. The van der Waals surface area contributed by atoms with Gasteiger partial charge in [0, 0.05) is 35.3 Å². The number of carbonyl (C=O) groups is 1. The number of methoxy groups -OCH3 is 1. The molecule has 0 aromatic heterocycles. The molecule has 3 N–H and O–H groups in total. The Morgan fingerprint density at radius 1 is 1.25 bits per heavy atom. The molecule has 1 heterocycles. The second kappa shape index (κ2) is 9.91. The Hall–Kier alpha value is -3.42. The van der Waals surface area contributed by atoms with Crippen molar-refractivity contribution in [2.45, 2.75) is 31.4 Å². The van der Waals surface area contributed by atoms with Crippen molar-refractivity contribution in [3.8, 4) is 22.6 Å². The van der Waals surface area contributed by atoms with Gasteiger partial charge in [-0.05, 0) is 31.5 Å². The molecule has 8 heteroatoms. The molecule has 188 valence electrons. The molecule has 1 aliphatic rings. The molecule has 2 atom stereocenters. The standard InChI is InChI=1S/C28H27ClF2N2O3/c1-5-18-23-21(36-28(18,14-32)16-9-7-6-8-10-16)13-19(30)25(29)24(23)22-17(27(34)33-15(2)3)11-12-20(35-4)26(22)31/h5-13,15,18H,1,14,32H2,2-4H3,(H,33,34)/t18-,28+/m0/s1. The Kier molecular flexibility index (Phi) is 7.07. The molecule has 0 bridgehead atoms. The molecular weight excluding hydrogens is 486 g/mol. The second-order valence-electron chi connectivity index (χ2n) is 8.87. The van der Waals surface area contributed by atoms with Crippen molar-refractivity contribution in [1.82, 2.24) is 5.32 Å². The molecule has 4 rings (SSSR count). The van der Waals surface area contributed by atoms with E-state index in [1.54, 1.807) is 19.9 Å². The smallest absolute Gasteiger partial charge is 0.252 e. The van der Waals surface area contributed by atoms with Crippen molar-refractivity contribution in [3.63, 3.8) is 0 Å². The van der Waals surface area contributed by atoms with Gasteiger partial charge in [-0.15, -0.1) is 6.58 Å². The van der Waals surface area contributed by atoms with Crippen LogP contribution >= 0.6 is 11.6 Å². The third-order valence-electron chi connectivity index (χ3n) is 6.37. The van der Waals surface area contributed by atoms with Gasteiger partial charge in [-0.3, -0.25) is 4.79 Å². The number of fused-ring (bicyclic) bond motifs is 1. The lowest BCUT2D eigenvalue weighted by molar-refractivity contribution is 0.0885. The number of nitrogens with one attached hydrogen (secondary N) is 1. The van der Waals surface area contributed by atoms with Crippen LogP contribution in [-0.4, -0.2) is 25.6 Å². The quantitative estimate of drug-likeness (QED) is 0.384. The van der Waals surface area contributed by atoms with E-state index in [4.69, 9.17) is 26.8 Å². The highest BCUT2D eigenvalue weighted by atomic mass is 35.5. The molecule has 3 aromatic rings. The van der Waals surface area contributed by atoms with Crippen molar-refractivity contribution < 1.29 is 23.0 Å². The van der Waals surface area contributed by atoms with E-state index in [1.165, 1.54) is 19.2 Å². The molecule has 36 heavy (non-hydrogen) atoms. The van der Waals surface area contributed by atoms with E-state index in [2.05, 4.69) is 11.9 Å². The van der Waals surface area contributed by atoms with Crippen LogP contribution < -0.4 is 20.5 Å². The molecule has 1 amide bonds. The summed E-state index contributed by atoms with van der Waals surface area (Å²) in [4.78, 5) is 13.1. The van der Waals surface area contributed by atoms with E-state index in [-0.39, 0.29) is 45.8 Å². The zero-order valence-electron chi connectivity index (χ0n) is 20.2. The first kappa shape index (κ1) is 25.7. The summed E-state index contributed by atoms with van der Waals surface area (Å²) in [5.74, 6) is -2.84. The van der Waals surface area contributed by atoms with Crippen LogP contribution in [0.5, 0.6) is 11.5 Å². The lowest BCUT2D eigenvalue weighted by atomic mass is 9.76. The number of benzene rings is 3. The molecule has 0 saturated heterocycles. The highest BCUT2D eigenvalue weighted by molar-refractivity contribution is 6.34. The monoisotopic (exact) mass is 512 g/mol. The topological polar surface area (TPSA) is 73.6 Å². The van der Waals surface area contributed by atoms with Crippen LogP contribution in [0.15, 0.2) is 61.2 Å². The maximum Gasteiger partial charge on any atom is 0.252 e. The van der Waals surface area contributed by atoms with Gasteiger partial charge < -0.3 is 20.5 Å². The SMILES string of the molecule is C=C[C@H]1c2c(cc(F)c(Cl)c2-c2c(C(=O)NC(C)C)ccc(OC)c2F)O[C@]1(CN)c1ccccc1. The van der Waals surface area contributed by atoms with Crippen molar-refractivity contribution in [2.75, 3.05) is 13.7 Å². The maximum atomic E-state index is 15.9. The van der Waals surface area contributed by atoms with Gasteiger partial charge in [0.2, 0.25) is 0 Å². The summed E-state index contributed by atoms with van der Waals surface area (Å²) in [5.41, 5.74) is 6.02. The number of nitrogens with two attached hydrogens (primary N) is 1. The Balaban J connectivity index is 2.08. The average molecular weight is 513 g/mol. The normalized spacial score (nSPS) is 18.5. The van der Waals surface area contributed by atoms with Gasteiger partial charge in [-0.2, -0.15) is 0 Å². The summed E-state index contributed by atoms with van der Waals surface area (Å²) in [5, 5.41) is 2.41. The van der Waals surface area contributed by atoms with Gasteiger partial charge >= 0.3 is 0 Å². The van der Waals surface area contributed by atoms with E-state index in [9.17, 15) is 4.79 Å². The fraction of sp³-hybridized carbons (Fsp3) is 0.250. The Morgan fingerprint density at radius 2 is 1.94 bits per heavy atom. The summed E-state index contributed by atoms with van der Waals surface area (Å²) in [6.45, 7) is 7.55. The van der Waals surface area contributed by atoms with Gasteiger partial charge in [-0.1, -0.05) is 48.0 Å². The minimum absolute atomic E-state index is 0.00636. The second-order valence-corrected chi connectivity index (χ2v) is 9.24. The highest BCUT2D eigenvalue weighted by Crippen LogP contribution is 2.56. The van der Waals surface area contributed by atoms with Crippen LogP contribution in [0, 0.1) is 11.6 Å². The lowest BCUT2D eigenvalue weighted by Crippen LogP contribution is -2.42. The number of ether oxygens (including phenoxy) is 2. The summed E-state index contributed by atoms with van der Waals surface area (Å²) < 4.78 is 42.7. The molecule has 0 spiro atoms. The van der Waals surface area contributed by atoms with Crippen LogP contribution in [0.4, 0.5) is 8.78 Å². The minimum atomic E-state index is -1.15. The zero-order chi connectivity index (χ0) is 26.2. The summed E-state index contributed by atoms with van der Waals surface area (Å²) in [7, 11) is 1.30. The largest absolute Gasteiger partial charge is 0.494 e. The number of halogens is 3. The van der Waals surface area contributed by atoms with Crippen molar-refractivity contribution in [1.29, 1.82) is 0 Å². The maximum absolute atomic E-state index is 15.9. The molecule has 3 aromatic carbocycles. The third-order valence-corrected chi connectivity index (χ3v) is 6.74. The van der Waals surface area contributed by atoms with Crippen LogP contribution in [0.3, 0.4) is 0 Å². The molecule has 1 aliphatic heterocycles. The lowest BCUT2D eigenvalue weighted by Gasteiger charge is -2.33. The van der Waals surface area contributed by atoms with Crippen molar-refractivity contribution >= 4 is 17.5 Å². The van der Waals surface area contributed by atoms with E-state index < -0.39 is 29.1 Å². The first-order valence-corrected chi connectivity index (χ1v) is 11.8. The molecule has 0 saturated carbocycles. The fourth-order valence-electron chi connectivity index (χ4n) is 4.79. The molecular formula is C28H27ClF2N2O3. The first-order chi connectivity index (χ1) is 17.2.